The van der Waals surface area contributed by atoms with Gasteiger partial charge in [-0.25, -0.2) is 0 Å². The molecule has 1 amide bonds. The molecule has 0 heterocycles. The van der Waals surface area contributed by atoms with Gasteiger partial charge in [0.2, 0.25) is 5.91 Å². The standard InChI is InChI=1S/C13H17N3O2/c1-10(15)2-7-13(17)16-11-3-5-12(6-4-11)18-9-8-14/h3-6,10H,2,7,9,15H2,1H3,(H,16,17). The lowest BCUT2D eigenvalue weighted by Crippen LogP contribution is -2.19. The summed E-state index contributed by atoms with van der Waals surface area (Å²) in [5.74, 6) is 0.545. The molecule has 0 aliphatic heterocycles. The number of anilines is 1. The number of carbonyl (C=O) groups is 1. The van der Waals surface area contributed by atoms with Crippen LogP contribution < -0.4 is 15.8 Å². The molecule has 3 N–H and O–H groups in total. The van der Waals surface area contributed by atoms with Crippen LogP contribution in [0.5, 0.6) is 5.75 Å². The summed E-state index contributed by atoms with van der Waals surface area (Å²) in [5.41, 5.74) is 6.28. The van der Waals surface area contributed by atoms with Crippen LogP contribution in [0.25, 0.3) is 0 Å². The average Bonchev–Trinajstić information content (AvgIpc) is 2.35. The molecule has 0 aliphatic rings. The highest BCUT2D eigenvalue weighted by atomic mass is 16.5. The summed E-state index contributed by atoms with van der Waals surface area (Å²) in [6.07, 6.45) is 1.07. The van der Waals surface area contributed by atoms with Gasteiger partial charge in [-0.2, -0.15) is 5.26 Å². The third-order valence-electron chi connectivity index (χ3n) is 2.27. The quantitative estimate of drug-likeness (QED) is 0.800. The Bertz CT molecular complexity index is 421. The summed E-state index contributed by atoms with van der Waals surface area (Å²) in [6.45, 7) is 1.88. The van der Waals surface area contributed by atoms with Gasteiger partial charge in [0.15, 0.2) is 6.61 Å². The van der Waals surface area contributed by atoms with E-state index in [-0.39, 0.29) is 18.6 Å². The summed E-state index contributed by atoms with van der Waals surface area (Å²) >= 11 is 0. The second kappa shape index (κ2) is 7.30. The maximum Gasteiger partial charge on any atom is 0.224 e. The van der Waals surface area contributed by atoms with Gasteiger partial charge in [-0.3, -0.25) is 4.79 Å². The van der Waals surface area contributed by atoms with Gasteiger partial charge >= 0.3 is 0 Å². The number of nitrogens with two attached hydrogens (primary N) is 1. The number of carbonyl (C=O) groups excluding carboxylic acids is 1. The number of hydrogen-bond donors (Lipinski definition) is 2. The molecule has 0 aliphatic carbocycles. The van der Waals surface area contributed by atoms with Crippen LogP contribution in [0.4, 0.5) is 5.69 Å². The second-order valence-corrected chi connectivity index (χ2v) is 4.04. The lowest BCUT2D eigenvalue weighted by molar-refractivity contribution is -0.116. The van der Waals surface area contributed by atoms with Gasteiger partial charge < -0.3 is 15.8 Å². The summed E-state index contributed by atoms with van der Waals surface area (Å²) in [5, 5.41) is 11.1. The minimum Gasteiger partial charge on any atom is -0.479 e. The first kappa shape index (κ1) is 14.0. The summed E-state index contributed by atoms with van der Waals surface area (Å²) in [4.78, 5) is 11.5. The van der Waals surface area contributed by atoms with E-state index in [4.69, 9.17) is 15.7 Å². The Morgan fingerprint density at radius 1 is 1.50 bits per heavy atom. The molecule has 1 unspecified atom stereocenters. The normalized spacial score (nSPS) is 11.4. The zero-order valence-electron chi connectivity index (χ0n) is 10.3. The molecule has 1 aromatic rings. The van der Waals surface area contributed by atoms with Crippen molar-refractivity contribution in [3.8, 4) is 11.8 Å². The van der Waals surface area contributed by atoms with E-state index in [1.54, 1.807) is 24.3 Å². The Kier molecular flexibility index (Phi) is 5.68. The molecular formula is C13H17N3O2. The van der Waals surface area contributed by atoms with Crippen molar-refractivity contribution in [2.45, 2.75) is 25.8 Å². The maximum absolute atomic E-state index is 11.5. The molecule has 0 aromatic heterocycles. The van der Waals surface area contributed by atoms with E-state index < -0.39 is 0 Å². The van der Waals surface area contributed by atoms with E-state index in [9.17, 15) is 4.79 Å². The Morgan fingerprint density at radius 3 is 2.72 bits per heavy atom. The van der Waals surface area contributed by atoms with Gasteiger partial charge in [-0.1, -0.05) is 0 Å². The molecule has 1 aromatic carbocycles. The molecule has 0 saturated carbocycles. The minimum atomic E-state index is -0.0574. The molecule has 0 saturated heterocycles. The molecule has 96 valence electrons. The largest absolute Gasteiger partial charge is 0.479 e. The van der Waals surface area contributed by atoms with Gasteiger partial charge in [-0.05, 0) is 37.6 Å². The van der Waals surface area contributed by atoms with E-state index in [0.29, 0.717) is 24.3 Å². The molecule has 5 nitrogen and oxygen atoms in total. The highest BCUT2D eigenvalue weighted by molar-refractivity contribution is 5.90. The third kappa shape index (κ3) is 5.32. The zero-order valence-corrected chi connectivity index (χ0v) is 10.3. The number of ether oxygens (including phenoxy) is 1. The number of nitrogens with one attached hydrogen (secondary N) is 1. The smallest absolute Gasteiger partial charge is 0.224 e. The average molecular weight is 247 g/mol. The highest BCUT2D eigenvalue weighted by Crippen LogP contribution is 2.15. The first-order chi connectivity index (χ1) is 8.61. The number of benzene rings is 1. The van der Waals surface area contributed by atoms with E-state index in [1.807, 2.05) is 13.0 Å². The Morgan fingerprint density at radius 2 is 2.17 bits per heavy atom. The van der Waals surface area contributed by atoms with Crippen LogP contribution in [-0.2, 0) is 4.79 Å². The van der Waals surface area contributed by atoms with E-state index in [0.717, 1.165) is 0 Å². The van der Waals surface area contributed by atoms with Gasteiger partial charge in [0.1, 0.15) is 11.8 Å². The van der Waals surface area contributed by atoms with Crippen LogP contribution >= 0.6 is 0 Å². The number of amides is 1. The Labute approximate surface area is 107 Å². The lowest BCUT2D eigenvalue weighted by Gasteiger charge is -2.07. The van der Waals surface area contributed by atoms with Crippen molar-refractivity contribution < 1.29 is 9.53 Å². The molecule has 1 rings (SSSR count). The fraction of sp³-hybridized carbons (Fsp3) is 0.385. The molecule has 18 heavy (non-hydrogen) atoms. The summed E-state index contributed by atoms with van der Waals surface area (Å²) in [6, 6.07) is 8.79. The predicted octanol–water partition coefficient (Wildman–Crippen LogP) is 1.65. The first-order valence-corrected chi connectivity index (χ1v) is 5.77. The fourth-order valence-corrected chi connectivity index (χ4v) is 1.33. The van der Waals surface area contributed by atoms with Crippen molar-refractivity contribution in [2.75, 3.05) is 11.9 Å². The van der Waals surface area contributed by atoms with Crippen LogP contribution in [-0.4, -0.2) is 18.6 Å². The SMILES string of the molecule is CC(N)CCC(=O)Nc1ccc(OCC#N)cc1. The van der Waals surface area contributed by atoms with Crippen molar-refractivity contribution in [2.24, 2.45) is 5.73 Å². The minimum absolute atomic E-state index is 0.0140. The zero-order chi connectivity index (χ0) is 13.4. The Hall–Kier alpha value is -2.06. The predicted molar refractivity (Wildman–Crippen MR) is 69.1 cm³/mol. The lowest BCUT2D eigenvalue weighted by atomic mass is 10.2. The topological polar surface area (TPSA) is 88.1 Å². The molecule has 0 spiro atoms. The maximum atomic E-state index is 11.5. The fourth-order valence-electron chi connectivity index (χ4n) is 1.33. The van der Waals surface area contributed by atoms with Gasteiger partial charge in [0.05, 0.1) is 0 Å². The van der Waals surface area contributed by atoms with E-state index >= 15 is 0 Å². The van der Waals surface area contributed by atoms with Gasteiger partial charge in [-0.15, -0.1) is 0 Å². The molecule has 1 atom stereocenters. The molecular weight excluding hydrogens is 230 g/mol. The number of hydrogen-bond acceptors (Lipinski definition) is 4. The van der Waals surface area contributed by atoms with Crippen LogP contribution in [0, 0.1) is 11.3 Å². The first-order valence-electron chi connectivity index (χ1n) is 5.77. The third-order valence-corrected chi connectivity index (χ3v) is 2.27. The molecule has 5 heteroatoms. The summed E-state index contributed by atoms with van der Waals surface area (Å²) < 4.78 is 5.10. The van der Waals surface area contributed by atoms with Gasteiger partial charge in [0.25, 0.3) is 0 Å². The van der Waals surface area contributed by atoms with Crippen molar-refractivity contribution in [1.29, 1.82) is 5.26 Å². The van der Waals surface area contributed by atoms with Crippen molar-refractivity contribution in [3.05, 3.63) is 24.3 Å². The highest BCUT2D eigenvalue weighted by Gasteiger charge is 2.04. The summed E-state index contributed by atoms with van der Waals surface area (Å²) in [7, 11) is 0. The monoisotopic (exact) mass is 247 g/mol. The van der Waals surface area contributed by atoms with Crippen LogP contribution in [0.2, 0.25) is 0 Å². The van der Waals surface area contributed by atoms with Crippen LogP contribution in [0.1, 0.15) is 19.8 Å². The van der Waals surface area contributed by atoms with Crippen molar-refractivity contribution >= 4 is 11.6 Å². The molecule has 0 bridgehead atoms. The van der Waals surface area contributed by atoms with E-state index in [2.05, 4.69) is 5.32 Å². The molecule has 0 fully saturated rings. The number of nitrogens with zero attached hydrogens (tertiary/aromatic N) is 1. The Balaban J connectivity index is 2.43. The molecule has 0 radical (unpaired) electrons. The van der Waals surface area contributed by atoms with Crippen molar-refractivity contribution in [1.82, 2.24) is 0 Å². The number of rotatable bonds is 6. The van der Waals surface area contributed by atoms with Crippen LogP contribution in [0.15, 0.2) is 24.3 Å². The van der Waals surface area contributed by atoms with Gasteiger partial charge in [0, 0.05) is 18.2 Å². The van der Waals surface area contributed by atoms with Crippen LogP contribution in [0.3, 0.4) is 0 Å². The van der Waals surface area contributed by atoms with E-state index in [1.165, 1.54) is 0 Å². The van der Waals surface area contributed by atoms with Crippen molar-refractivity contribution in [3.63, 3.8) is 0 Å². The second-order valence-electron chi connectivity index (χ2n) is 4.04. The number of nitriles is 1.